The van der Waals surface area contributed by atoms with Crippen LogP contribution in [0, 0.1) is 0 Å². The molecule has 1 heterocycles. The molecular weight excluding hydrogens is 320 g/mol. The van der Waals surface area contributed by atoms with Gasteiger partial charge in [-0.25, -0.2) is 9.48 Å². The van der Waals surface area contributed by atoms with Crippen LogP contribution in [-0.2, 0) is 17.9 Å². The molecule has 0 aliphatic heterocycles. The van der Waals surface area contributed by atoms with Crippen molar-refractivity contribution < 1.29 is 9.59 Å². The molecule has 0 bridgehead atoms. The van der Waals surface area contributed by atoms with Crippen LogP contribution in [0.4, 0.5) is 10.6 Å². The number of rotatable bonds is 5. The first kappa shape index (κ1) is 16.8. The predicted octanol–water partition coefficient (Wildman–Crippen LogP) is 1.34. The third-order valence-electron chi connectivity index (χ3n) is 2.86. The van der Waals surface area contributed by atoms with E-state index >= 15 is 0 Å². The molecule has 0 saturated heterocycles. The molecule has 0 radical (unpaired) electrons. The minimum Gasteiger partial charge on any atom is -0.350 e. The number of hydrogen-bond donors (Lipinski definition) is 2. The molecule has 2 N–H and O–H groups in total. The standard InChI is InChI=1S/C14H17ClN6O2/c1-20(2)14(23)17-12-8-21(19-18-12)9-13(22)16-7-10-4-3-5-11(15)6-10/h3-6,8H,7,9H2,1-2H3,(H,16,22)(H,17,23). The number of hydrogen-bond acceptors (Lipinski definition) is 4. The van der Waals surface area contributed by atoms with E-state index in [0.717, 1.165) is 5.56 Å². The van der Waals surface area contributed by atoms with Crippen LogP contribution in [0.5, 0.6) is 0 Å². The van der Waals surface area contributed by atoms with E-state index in [9.17, 15) is 9.59 Å². The van der Waals surface area contributed by atoms with Gasteiger partial charge in [-0.15, -0.1) is 5.10 Å². The highest BCUT2D eigenvalue weighted by Gasteiger charge is 2.09. The predicted molar refractivity (Wildman–Crippen MR) is 86.0 cm³/mol. The van der Waals surface area contributed by atoms with Crippen LogP contribution >= 0.6 is 11.6 Å². The van der Waals surface area contributed by atoms with Crippen molar-refractivity contribution in [3.8, 4) is 0 Å². The Morgan fingerprint density at radius 1 is 1.35 bits per heavy atom. The second-order valence-electron chi connectivity index (χ2n) is 5.03. The van der Waals surface area contributed by atoms with Crippen LogP contribution in [-0.4, -0.2) is 45.9 Å². The molecule has 0 fully saturated rings. The Balaban J connectivity index is 1.83. The maximum atomic E-state index is 11.9. The van der Waals surface area contributed by atoms with Gasteiger partial charge in [0.2, 0.25) is 5.91 Å². The van der Waals surface area contributed by atoms with E-state index < -0.39 is 0 Å². The van der Waals surface area contributed by atoms with E-state index in [4.69, 9.17) is 11.6 Å². The molecule has 0 aliphatic carbocycles. The van der Waals surface area contributed by atoms with Crippen molar-refractivity contribution in [3.63, 3.8) is 0 Å². The molecule has 1 aromatic carbocycles. The van der Waals surface area contributed by atoms with E-state index in [1.54, 1.807) is 26.2 Å². The number of nitrogens with one attached hydrogen (secondary N) is 2. The van der Waals surface area contributed by atoms with Crippen LogP contribution in [0.15, 0.2) is 30.5 Å². The van der Waals surface area contributed by atoms with Crippen molar-refractivity contribution in [2.75, 3.05) is 19.4 Å². The third-order valence-corrected chi connectivity index (χ3v) is 3.10. The SMILES string of the molecule is CN(C)C(=O)Nc1cn(CC(=O)NCc2cccc(Cl)c2)nn1. The molecule has 3 amide bonds. The zero-order valence-corrected chi connectivity index (χ0v) is 13.5. The monoisotopic (exact) mass is 336 g/mol. The number of carbonyl (C=O) groups excluding carboxylic acids is 2. The molecule has 0 spiro atoms. The molecule has 0 atom stereocenters. The van der Waals surface area contributed by atoms with Crippen molar-refractivity contribution in [2.24, 2.45) is 0 Å². The van der Waals surface area contributed by atoms with Gasteiger partial charge in [0, 0.05) is 25.7 Å². The average molecular weight is 337 g/mol. The first-order chi connectivity index (χ1) is 10.9. The summed E-state index contributed by atoms with van der Waals surface area (Å²) in [5.41, 5.74) is 0.906. The number of amides is 3. The number of urea groups is 1. The molecule has 0 saturated carbocycles. The van der Waals surface area contributed by atoms with E-state index in [2.05, 4.69) is 20.9 Å². The normalized spacial score (nSPS) is 10.2. The molecule has 23 heavy (non-hydrogen) atoms. The number of benzene rings is 1. The zero-order chi connectivity index (χ0) is 16.8. The Hall–Kier alpha value is -2.61. The minimum absolute atomic E-state index is 0.00536. The maximum Gasteiger partial charge on any atom is 0.322 e. The largest absolute Gasteiger partial charge is 0.350 e. The van der Waals surface area contributed by atoms with Crippen molar-refractivity contribution in [3.05, 3.63) is 41.0 Å². The van der Waals surface area contributed by atoms with Gasteiger partial charge in [0.1, 0.15) is 6.54 Å². The second-order valence-corrected chi connectivity index (χ2v) is 5.47. The molecule has 8 nitrogen and oxygen atoms in total. The van der Waals surface area contributed by atoms with Gasteiger partial charge in [0.25, 0.3) is 0 Å². The van der Waals surface area contributed by atoms with E-state index in [1.807, 2.05) is 12.1 Å². The van der Waals surface area contributed by atoms with Gasteiger partial charge in [0.15, 0.2) is 5.82 Å². The summed E-state index contributed by atoms with van der Waals surface area (Å²) >= 11 is 5.88. The topological polar surface area (TPSA) is 92.2 Å². The summed E-state index contributed by atoms with van der Waals surface area (Å²) in [5, 5.41) is 13.5. The highest BCUT2D eigenvalue weighted by Crippen LogP contribution is 2.10. The summed E-state index contributed by atoms with van der Waals surface area (Å²) in [5.74, 6) is 0.0618. The van der Waals surface area contributed by atoms with E-state index in [-0.39, 0.29) is 24.3 Å². The quantitative estimate of drug-likeness (QED) is 0.861. The summed E-state index contributed by atoms with van der Waals surface area (Å²) in [6.07, 6.45) is 1.49. The highest BCUT2D eigenvalue weighted by atomic mass is 35.5. The van der Waals surface area contributed by atoms with E-state index in [0.29, 0.717) is 11.6 Å². The van der Waals surface area contributed by atoms with Gasteiger partial charge >= 0.3 is 6.03 Å². The Labute approximate surface area is 138 Å². The smallest absolute Gasteiger partial charge is 0.322 e. The fourth-order valence-corrected chi connectivity index (χ4v) is 1.92. The third kappa shape index (κ3) is 5.26. The second kappa shape index (κ2) is 7.59. The Kier molecular flexibility index (Phi) is 5.53. The lowest BCUT2D eigenvalue weighted by Gasteiger charge is -2.09. The van der Waals surface area contributed by atoms with Crippen molar-refractivity contribution in [1.29, 1.82) is 0 Å². The van der Waals surface area contributed by atoms with Gasteiger partial charge in [-0.1, -0.05) is 28.9 Å². The fraction of sp³-hybridized carbons (Fsp3) is 0.286. The van der Waals surface area contributed by atoms with Crippen LogP contribution in [0.1, 0.15) is 5.56 Å². The van der Waals surface area contributed by atoms with Crippen LogP contribution < -0.4 is 10.6 Å². The summed E-state index contributed by atoms with van der Waals surface area (Å²) < 4.78 is 1.35. The summed E-state index contributed by atoms with van der Waals surface area (Å²) in [6, 6.07) is 6.93. The van der Waals surface area contributed by atoms with Crippen LogP contribution in [0.2, 0.25) is 5.02 Å². The fourth-order valence-electron chi connectivity index (χ4n) is 1.70. The molecule has 2 rings (SSSR count). The summed E-state index contributed by atoms with van der Waals surface area (Å²) in [6.45, 7) is 0.379. The van der Waals surface area contributed by atoms with Gasteiger partial charge in [-0.3, -0.25) is 10.1 Å². The molecule has 9 heteroatoms. The lowest BCUT2D eigenvalue weighted by molar-refractivity contribution is -0.122. The highest BCUT2D eigenvalue weighted by molar-refractivity contribution is 6.30. The summed E-state index contributed by atoms with van der Waals surface area (Å²) in [7, 11) is 3.23. The van der Waals surface area contributed by atoms with Crippen LogP contribution in [0.25, 0.3) is 0 Å². The molecule has 0 unspecified atom stereocenters. The zero-order valence-electron chi connectivity index (χ0n) is 12.8. The molecule has 122 valence electrons. The van der Waals surface area contributed by atoms with Gasteiger partial charge < -0.3 is 10.2 Å². The lowest BCUT2D eigenvalue weighted by Crippen LogP contribution is -2.27. The lowest BCUT2D eigenvalue weighted by atomic mass is 10.2. The van der Waals surface area contributed by atoms with Crippen molar-refractivity contribution in [1.82, 2.24) is 25.2 Å². The number of anilines is 1. The van der Waals surface area contributed by atoms with E-state index in [1.165, 1.54) is 15.8 Å². The van der Waals surface area contributed by atoms with Crippen molar-refractivity contribution >= 4 is 29.4 Å². The molecule has 0 aliphatic rings. The Morgan fingerprint density at radius 2 is 2.13 bits per heavy atom. The maximum absolute atomic E-state index is 11.9. The Bertz CT molecular complexity index is 700. The van der Waals surface area contributed by atoms with Crippen molar-refractivity contribution in [2.45, 2.75) is 13.1 Å². The first-order valence-corrected chi connectivity index (χ1v) is 7.21. The Morgan fingerprint density at radius 3 is 2.83 bits per heavy atom. The van der Waals surface area contributed by atoms with Gasteiger partial charge in [-0.2, -0.15) is 0 Å². The molecule has 2 aromatic rings. The van der Waals surface area contributed by atoms with Gasteiger partial charge in [-0.05, 0) is 17.7 Å². The van der Waals surface area contributed by atoms with Crippen LogP contribution in [0.3, 0.4) is 0 Å². The minimum atomic E-state index is -0.317. The average Bonchev–Trinajstić information content (AvgIpc) is 2.92. The number of nitrogens with zero attached hydrogens (tertiary/aromatic N) is 4. The number of halogens is 1. The van der Waals surface area contributed by atoms with Gasteiger partial charge in [0.05, 0.1) is 6.20 Å². The number of carbonyl (C=O) groups is 2. The summed E-state index contributed by atoms with van der Waals surface area (Å²) in [4.78, 5) is 24.7. The molecular formula is C14H17ClN6O2. The number of aromatic nitrogens is 3. The molecule has 1 aromatic heterocycles. The first-order valence-electron chi connectivity index (χ1n) is 6.83.